The molecule has 13 rings (SSSR count). The molecule has 0 N–H and O–H groups in total. The number of thiophene rings is 2. The Kier molecular flexibility index (Phi) is 8.55. The van der Waals surface area contributed by atoms with Crippen LogP contribution in [0.2, 0.25) is 0 Å². The molecule has 0 saturated heterocycles. The average molecular weight is 850 g/mol. The van der Waals surface area contributed by atoms with Crippen LogP contribution in [0.15, 0.2) is 237 Å². The zero-order chi connectivity index (χ0) is 42.2. The van der Waals surface area contributed by atoms with Crippen LogP contribution in [-0.4, -0.2) is 0 Å². The molecule has 64 heavy (non-hydrogen) atoms. The van der Waals surface area contributed by atoms with E-state index in [2.05, 4.69) is 241 Å². The second-order valence-corrected chi connectivity index (χ2v) is 18.8. The number of fused-ring (bicyclic) bond motifs is 9. The van der Waals surface area contributed by atoms with Crippen molar-refractivity contribution in [3.05, 3.63) is 259 Å². The highest BCUT2D eigenvalue weighted by atomic mass is 32.1. The van der Waals surface area contributed by atoms with E-state index in [1.807, 2.05) is 22.7 Å². The Bertz CT molecular complexity index is 3670. The van der Waals surface area contributed by atoms with Crippen molar-refractivity contribution in [2.45, 2.75) is 5.41 Å². The number of hydrogen-bond donors (Lipinski definition) is 0. The predicted molar refractivity (Wildman–Crippen MR) is 275 cm³/mol. The minimum atomic E-state index is -0.502. The van der Waals surface area contributed by atoms with Gasteiger partial charge in [0.1, 0.15) is 0 Å². The number of nitrogens with zero attached hydrogens (tertiary/aromatic N) is 1. The van der Waals surface area contributed by atoms with Crippen LogP contribution in [0, 0.1) is 0 Å². The maximum atomic E-state index is 2.53. The van der Waals surface area contributed by atoms with E-state index >= 15 is 0 Å². The van der Waals surface area contributed by atoms with Gasteiger partial charge >= 0.3 is 0 Å². The Balaban J connectivity index is 0.986. The van der Waals surface area contributed by atoms with Gasteiger partial charge in [-0.3, -0.25) is 0 Å². The minimum absolute atomic E-state index is 0.502. The summed E-state index contributed by atoms with van der Waals surface area (Å²) in [7, 11) is 0. The van der Waals surface area contributed by atoms with Crippen molar-refractivity contribution in [2.75, 3.05) is 4.90 Å². The molecule has 10 aromatic carbocycles. The van der Waals surface area contributed by atoms with Crippen LogP contribution < -0.4 is 4.90 Å². The molecule has 0 unspecified atom stereocenters. The summed E-state index contributed by atoms with van der Waals surface area (Å²) in [5.41, 5.74) is 15.5. The summed E-state index contributed by atoms with van der Waals surface area (Å²) in [6, 6.07) is 87.7. The van der Waals surface area contributed by atoms with Crippen molar-refractivity contribution in [1.29, 1.82) is 0 Å². The first-order chi connectivity index (χ1) is 31.8. The molecule has 0 spiro atoms. The third kappa shape index (κ3) is 5.55. The molecule has 2 heterocycles. The van der Waals surface area contributed by atoms with E-state index in [0.29, 0.717) is 0 Å². The van der Waals surface area contributed by atoms with Gasteiger partial charge in [0.05, 0.1) is 21.5 Å². The van der Waals surface area contributed by atoms with Crippen LogP contribution in [0.1, 0.15) is 22.3 Å². The normalized spacial score (nSPS) is 12.8. The Morgan fingerprint density at radius 1 is 0.312 bits per heavy atom. The van der Waals surface area contributed by atoms with E-state index in [4.69, 9.17) is 0 Å². The Labute approximate surface area is 380 Å². The number of anilines is 3. The molecule has 300 valence electrons. The van der Waals surface area contributed by atoms with Gasteiger partial charge in [0.15, 0.2) is 0 Å². The molecule has 1 nitrogen and oxygen atoms in total. The molecule has 0 saturated carbocycles. The Morgan fingerprint density at radius 3 is 1.47 bits per heavy atom. The fraction of sp³-hybridized carbons (Fsp3) is 0.0164. The van der Waals surface area contributed by atoms with E-state index in [1.54, 1.807) is 0 Å². The van der Waals surface area contributed by atoms with Gasteiger partial charge in [-0.05, 0) is 86.5 Å². The SMILES string of the molecule is c1ccc(C2(c3ccccc3)c3ccccc3-c3c(N(c4ccc(-c5ccc(-c6cccc7c6sc6ccccc67)cc5)cc4)c4cccc5c4sc4ccccc45)cccc32)cc1. The van der Waals surface area contributed by atoms with Crippen molar-refractivity contribution in [1.82, 2.24) is 0 Å². The number of benzene rings is 10. The van der Waals surface area contributed by atoms with E-state index in [1.165, 1.54) is 102 Å². The molecule has 12 aromatic rings. The second kappa shape index (κ2) is 14.8. The largest absolute Gasteiger partial charge is 0.308 e. The van der Waals surface area contributed by atoms with Crippen molar-refractivity contribution in [2.24, 2.45) is 0 Å². The predicted octanol–water partition coefficient (Wildman–Crippen LogP) is 17.6. The van der Waals surface area contributed by atoms with Crippen LogP contribution in [0.4, 0.5) is 17.1 Å². The molecular formula is C61H39NS2. The molecule has 0 atom stereocenters. The molecule has 0 aliphatic heterocycles. The lowest BCUT2D eigenvalue weighted by Crippen LogP contribution is -2.28. The minimum Gasteiger partial charge on any atom is -0.308 e. The Morgan fingerprint density at radius 2 is 0.781 bits per heavy atom. The summed E-state index contributed by atoms with van der Waals surface area (Å²) < 4.78 is 5.24. The van der Waals surface area contributed by atoms with Gasteiger partial charge in [-0.1, -0.05) is 200 Å². The summed E-state index contributed by atoms with van der Waals surface area (Å²) in [5, 5.41) is 5.23. The lowest BCUT2D eigenvalue weighted by molar-refractivity contribution is 0.768. The van der Waals surface area contributed by atoms with Crippen LogP contribution in [0.5, 0.6) is 0 Å². The van der Waals surface area contributed by atoms with Crippen LogP contribution in [0.3, 0.4) is 0 Å². The maximum Gasteiger partial charge on any atom is 0.0714 e. The first-order valence-electron chi connectivity index (χ1n) is 21.9. The molecule has 0 amide bonds. The van der Waals surface area contributed by atoms with E-state index in [0.717, 1.165) is 11.4 Å². The topological polar surface area (TPSA) is 3.24 Å². The number of hydrogen-bond acceptors (Lipinski definition) is 3. The monoisotopic (exact) mass is 849 g/mol. The summed E-state index contributed by atoms with van der Waals surface area (Å²) in [6.45, 7) is 0. The lowest BCUT2D eigenvalue weighted by Gasteiger charge is -2.34. The van der Waals surface area contributed by atoms with Crippen LogP contribution in [0.25, 0.3) is 73.7 Å². The van der Waals surface area contributed by atoms with Crippen LogP contribution in [-0.2, 0) is 5.41 Å². The lowest BCUT2D eigenvalue weighted by atomic mass is 9.68. The molecule has 1 aliphatic rings. The smallest absolute Gasteiger partial charge is 0.0714 e. The van der Waals surface area contributed by atoms with Crippen molar-refractivity contribution in [3.63, 3.8) is 0 Å². The van der Waals surface area contributed by atoms with Gasteiger partial charge in [-0.25, -0.2) is 0 Å². The fourth-order valence-electron chi connectivity index (χ4n) is 10.6. The molecular weight excluding hydrogens is 811 g/mol. The van der Waals surface area contributed by atoms with Gasteiger partial charge in [0, 0.05) is 46.9 Å². The summed E-state index contributed by atoms with van der Waals surface area (Å²) in [6.07, 6.45) is 0. The summed E-state index contributed by atoms with van der Waals surface area (Å²) in [4.78, 5) is 2.53. The van der Waals surface area contributed by atoms with Crippen molar-refractivity contribution in [3.8, 4) is 33.4 Å². The molecule has 3 heteroatoms. The summed E-state index contributed by atoms with van der Waals surface area (Å²) >= 11 is 3.76. The third-order valence-corrected chi connectivity index (χ3v) is 15.8. The van der Waals surface area contributed by atoms with Crippen molar-refractivity contribution >= 4 is 80.1 Å². The standard InChI is InChI=1S/C61H39NS2/c1-3-16-43(17-4-1)61(44-18-5-2-6-19-44)52-26-10-7-22-51(52)58-53(61)27-15-28-54(58)62(55-29-14-25-50-48-21-9-12-31-57(48)64-60(50)55)45-38-36-41(37-39-45)40-32-34-42(35-33-40)46-23-13-24-49-47-20-8-11-30-56(47)63-59(46)49/h1-39H. The molecule has 0 fully saturated rings. The zero-order valence-corrected chi connectivity index (χ0v) is 36.4. The van der Waals surface area contributed by atoms with Gasteiger partial charge in [-0.2, -0.15) is 0 Å². The average Bonchev–Trinajstić information content (AvgIpc) is 4.04. The summed E-state index contributed by atoms with van der Waals surface area (Å²) in [5.74, 6) is 0. The van der Waals surface area contributed by atoms with Gasteiger partial charge in [-0.15, -0.1) is 22.7 Å². The molecule has 1 aliphatic carbocycles. The van der Waals surface area contributed by atoms with Crippen LogP contribution >= 0.6 is 22.7 Å². The van der Waals surface area contributed by atoms with E-state index in [-0.39, 0.29) is 0 Å². The highest BCUT2D eigenvalue weighted by molar-refractivity contribution is 7.26. The first kappa shape index (κ1) is 37.0. The molecule has 2 aromatic heterocycles. The van der Waals surface area contributed by atoms with E-state index < -0.39 is 5.41 Å². The maximum absolute atomic E-state index is 2.53. The third-order valence-electron chi connectivity index (χ3n) is 13.4. The van der Waals surface area contributed by atoms with Gasteiger partial charge < -0.3 is 4.90 Å². The highest BCUT2D eigenvalue weighted by Crippen LogP contribution is 2.60. The van der Waals surface area contributed by atoms with E-state index in [9.17, 15) is 0 Å². The second-order valence-electron chi connectivity index (χ2n) is 16.7. The molecule has 0 bridgehead atoms. The zero-order valence-electron chi connectivity index (χ0n) is 34.8. The fourth-order valence-corrected chi connectivity index (χ4v) is 13.0. The number of rotatable bonds is 7. The Hall–Kier alpha value is -7.56. The van der Waals surface area contributed by atoms with Gasteiger partial charge in [0.2, 0.25) is 0 Å². The highest BCUT2D eigenvalue weighted by Gasteiger charge is 2.47. The quantitative estimate of drug-likeness (QED) is 0.154. The molecule has 0 radical (unpaired) electrons. The van der Waals surface area contributed by atoms with Crippen molar-refractivity contribution < 1.29 is 0 Å². The van der Waals surface area contributed by atoms with Gasteiger partial charge in [0.25, 0.3) is 0 Å². The first-order valence-corrected chi connectivity index (χ1v) is 23.5.